The molecule has 1 aliphatic heterocycles. The molecule has 0 atom stereocenters. The first kappa shape index (κ1) is 17.4. The summed E-state index contributed by atoms with van der Waals surface area (Å²) in [5.41, 5.74) is 4.27. The van der Waals surface area contributed by atoms with Crippen molar-refractivity contribution in [2.45, 2.75) is 20.8 Å². The molecule has 5 nitrogen and oxygen atoms in total. The van der Waals surface area contributed by atoms with Gasteiger partial charge in [0.05, 0.1) is 12.3 Å². The van der Waals surface area contributed by atoms with Crippen LogP contribution in [0.4, 0.5) is 17.2 Å². The number of nitrogens with one attached hydrogen (secondary N) is 1. The van der Waals surface area contributed by atoms with Crippen molar-refractivity contribution in [3.8, 4) is 0 Å². The third-order valence-electron chi connectivity index (χ3n) is 4.63. The lowest BCUT2D eigenvalue weighted by molar-refractivity contribution is 0.0520. The van der Waals surface area contributed by atoms with Gasteiger partial charge in [0.2, 0.25) is 0 Å². The monoisotopic (exact) mass is 377 g/mol. The summed E-state index contributed by atoms with van der Waals surface area (Å²) in [5, 5.41) is 5.70. The number of rotatable bonds is 3. The van der Waals surface area contributed by atoms with Crippen LogP contribution < -0.4 is 10.2 Å². The second-order valence-electron chi connectivity index (χ2n) is 6.51. The Kier molecular flexibility index (Phi) is 4.28. The van der Waals surface area contributed by atoms with E-state index < -0.39 is 5.97 Å². The van der Waals surface area contributed by atoms with E-state index >= 15 is 0 Å². The number of hydrogen-bond acceptors (Lipinski definition) is 4. The summed E-state index contributed by atoms with van der Waals surface area (Å²) in [6, 6.07) is 13.8. The van der Waals surface area contributed by atoms with E-state index in [0.717, 1.165) is 33.3 Å². The highest BCUT2D eigenvalue weighted by molar-refractivity contribution is 7.80. The molecule has 6 heteroatoms. The summed E-state index contributed by atoms with van der Waals surface area (Å²) in [6.45, 7) is 6.13. The molecule has 0 aliphatic carbocycles. The molecule has 0 saturated heterocycles. The van der Waals surface area contributed by atoms with Crippen LogP contribution in [0.5, 0.6) is 0 Å². The molecule has 0 bridgehead atoms. The standard InChI is InChI=1S/C21H19N3O2S/c1-4-26-20(25)17-11-15-13(3)7-10-16-18(15)19(22-17)24(21(27)23-16)14-8-5-12(2)6-9-14/h5-11H,4H2,1-3H3,(H,23,27). The normalized spacial score (nSPS) is 12.9. The van der Waals surface area contributed by atoms with Gasteiger partial charge in [-0.15, -0.1) is 0 Å². The fraction of sp³-hybridized carbons (Fsp3) is 0.190. The van der Waals surface area contributed by atoms with Crippen molar-refractivity contribution in [1.29, 1.82) is 0 Å². The molecular weight excluding hydrogens is 358 g/mol. The van der Waals surface area contributed by atoms with Crippen LogP contribution in [0, 0.1) is 13.8 Å². The van der Waals surface area contributed by atoms with E-state index in [0.29, 0.717) is 17.5 Å². The maximum Gasteiger partial charge on any atom is 0.357 e. The fourth-order valence-electron chi connectivity index (χ4n) is 3.27. The number of thiocarbonyl (C=S) groups is 1. The summed E-state index contributed by atoms with van der Waals surface area (Å²) in [5.74, 6) is 0.204. The summed E-state index contributed by atoms with van der Waals surface area (Å²) in [7, 11) is 0. The van der Waals surface area contributed by atoms with Gasteiger partial charge in [0.25, 0.3) is 0 Å². The first-order valence-electron chi connectivity index (χ1n) is 8.79. The van der Waals surface area contributed by atoms with E-state index in [4.69, 9.17) is 17.0 Å². The number of anilines is 3. The minimum atomic E-state index is -0.436. The molecule has 0 fully saturated rings. The number of pyridine rings is 1. The van der Waals surface area contributed by atoms with Gasteiger partial charge in [-0.25, -0.2) is 9.78 Å². The predicted molar refractivity (Wildman–Crippen MR) is 112 cm³/mol. The Hall–Kier alpha value is -2.99. The van der Waals surface area contributed by atoms with Gasteiger partial charge in [-0.2, -0.15) is 0 Å². The Morgan fingerprint density at radius 3 is 2.63 bits per heavy atom. The predicted octanol–water partition coefficient (Wildman–Crippen LogP) is 4.88. The number of carbonyl (C=O) groups is 1. The minimum absolute atomic E-state index is 0.279. The Labute approximate surface area is 163 Å². The highest BCUT2D eigenvalue weighted by Crippen LogP contribution is 2.41. The van der Waals surface area contributed by atoms with Gasteiger partial charge in [0.1, 0.15) is 5.82 Å². The number of carbonyl (C=O) groups excluding carboxylic acids is 1. The smallest absolute Gasteiger partial charge is 0.357 e. The van der Waals surface area contributed by atoms with Crippen LogP contribution in [0.15, 0.2) is 42.5 Å². The largest absolute Gasteiger partial charge is 0.461 e. The first-order valence-corrected chi connectivity index (χ1v) is 9.19. The molecule has 3 aromatic rings. The summed E-state index contributed by atoms with van der Waals surface area (Å²) < 4.78 is 5.18. The van der Waals surface area contributed by atoms with Crippen molar-refractivity contribution in [3.63, 3.8) is 0 Å². The maximum atomic E-state index is 12.4. The van der Waals surface area contributed by atoms with Crippen LogP contribution >= 0.6 is 12.2 Å². The van der Waals surface area contributed by atoms with E-state index in [9.17, 15) is 4.79 Å². The number of aromatic nitrogens is 1. The number of benzene rings is 2. The molecule has 1 aromatic heterocycles. The molecule has 4 rings (SSSR count). The van der Waals surface area contributed by atoms with Gasteiger partial charge >= 0.3 is 5.97 Å². The first-order chi connectivity index (χ1) is 13.0. The number of hydrogen-bond donors (Lipinski definition) is 1. The summed E-state index contributed by atoms with van der Waals surface area (Å²) in [4.78, 5) is 18.9. The molecule has 0 unspecified atom stereocenters. The SMILES string of the molecule is CCOC(=O)c1cc2c(C)ccc3c2c(n1)N(c1ccc(C)cc1)C(=S)N3. The van der Waals surface area contributed by atoms with Crippen molar-refractivity contribution in [1.82, 2.24) is 4.98 Å². The van der Waals surface area contributed by atoms with E-state index in [2.05, 4.69) is 10.3 Å². The zero-order chi connectivity index (χ0) is 19.1. The second kappa shape index (κ2) is 6.63. The van der Waals surface area contributed by atoms with Crippen molar-refractivity contribution in [2.24, 2.45) is 0 Å². The quantitative estimate of drug-likeness (QED) is 0.519. The van der Waals surface area contributed by atoms with E-state index in [1.54, 1.807) is 13.0 Å². The Morgan fingerprint density at radius 1 is 1.19 bits per heavy atom. The average Bonchev–Trinajstić information content (AvgIpc) is 2.65. The zero-order valence-corrected chi connectivity index (χ0v) is 16.2. The minimum Gasteiger partial charge on any atom is -0.461 e. The van der Waals surface area contributed by atoms with Gasteiger partial charge in [-0.05, 0) is 68.2 Å². The molecule has 136 valence electrons. The van der Waals surface area contributed by atoms with Crippen molar-refractivity contribution in [2.75, 3.05) is 16.8 Å². The lowest BCUT2D eigenvalue weighted by Gasteiger charge is -2.32. The third-order valence-corrected chi connectivity index (χ3v) is 4.91. The van der Waals surface area contributed by atoms with Crippen molar-refractivity contribution in [3.05, 3.63) is 59.3 Å². The Balaban J connectivity index is 2.00. The molecule has 0 saturated carbocycles. The highest BCUT2D eigenvalue weighted by atomic mass is 32.1. The molecule has 2 aromatic carbocycles. The van der Waals surface area contributed by atoms with Crippen LogP contribution in [0.1, 0.15) is 28.5 Å². The van der Waals surface area contributed by atoms with Gasteiger partial charge in [0.15, 0.2) is 10.8 Å². The number of esters is 1. The number of nitrogens with zero attached hydrogens (tertiary/aromatic N) is 2. The van der Waals surface area contributed by atoms with Gasteiger partial charge < -0.3 is 10.1 Å². The lowest BCUT2D eigenvalue weighted by Crippen LogP contribution is -2.35. The molecule has 0 amide bonds. The number of aryl methyl sites for hydroxylation is 2. The summed E-state index contributed by atoms with van der Waals surface area (Å²) in [6.07, 6.45) is 0. The van der Waals surface area contributed by atoms with Gasteiger partial charge in [0, 0.05) is 11.1 Å². The molecule has 0 spiro atoms. The topological polar surface area (TPSA) is 54.5 Å². The van der Waals surface area contributed by atoms with Crippen molar-refractivity contribution < 1.29 is 9.53 Å². The van der Waals surface area contributed by atoms with E-state index in [1.807, 2.05) is 55.1 Å². The molecule has 0 radical (unpaired) electrons. The molecule has 2 heterocycles. The fourth-order valence-corrected chi connectivity index (χ4v) is 3.57. The van der Waals surface area contributed by atoms with Gasteiger partial charge in [-0.1, -0.05) is 23.8 Å². The molecule has 1 N–H and O–H groups in total. The lowest BCUT2D eigenvalue weighted by atomic mass is 10.0. The molecular formula is C21H19N3O2S. The van der Waals surface area contributed by atoms with Gasteiger partial charge in [-0.3, -0.25) is 4.90 Å². The molecule has 1 aliphatic rings. The second-order valence-corrected chi connectivity index (χ2v) is 6.89. The molecule has 27 heavy (non-hydrogen) atoms. The third kappa shape index (κ3) is 2.92. The Morgan fingerprint density at radius 2 is 1.93 bits per heavy atom. The van der Waals surface area contributed by atoms with E-state index in [-0.39, 0.29) is 5.69 Å². The Bertz CT molecular complexity index is 1080. The van der Waals surface area contributed by atoms with Crippen LogP contribution in [0.25, 0.3) is 10.8 Å². The highest BCUT2D eigenvalue weighted by Gasteiger charge is 2.28. The number of ether oxygens (including phenoxy) is 1. The maximum absolute atomic E-state index is 12.4. The average molecular weight is 377 g/mol. The zero-order valence-electron chi connectivity index (χ0n) is 15.4. The van der Waals surface area contributed by atoms with Crippen LogP contribution in [0.3, 0.4) is 0 Å². The van der Waals surface area contributed by atoms with Crippen molar-refractivity contribution >= 4 is 51.3 Å². The van der Waals surface area contributed by atoms with Crippen LogP contribution in [-0.4, -0.2) is 22.7 Å². The van der Waals surface area contributed by atoms with E-state index in [1.165, 1.54) is 0 Å². The summed E-state index contributed by atoms with van der Waals surface area (Å²) >= 11 is 5.62. The van der Waals surface area contributed by atoms with Crippen LogP contribution in [-0.2, 0) is 4.74 Å². The van der Waals surface area contributed by atoms with Crippen LogP contribution in [0.2, 0.25) is 0 Å².